The van der Waals surface area contributed by atoms with Crippen molar-refractivity contribution in [3.05, 3.63) is 35.9 Å². The van der Waals surface area contributed by atoms with Crippen molar-refractivity contribution >= 4 is 21.7 Å². The Balaban J connectivity index is 2.13. The number of nitrogens with one attached hydrogen (secondary N) is 1. The Morgan fingerprint density at radius 1 is 1.19 bits per heavy atom. The molecule has 1 fully saturated rings. The fourth-order valence-corrected chi connectivity index (χ4v) is 4.32. The molecule has 0 aliphatic carbocycles. The predicted molar refractivity (Wildman–Crippen MR) is 104 cm³/mol. The SMILES string of the molecule is CC(CC(C(N)=O)N1CCCC1)C(=O)C(Cc1ccccc1)NS(C)(=O)=O. The average Bonchev–Trinajstić information content (AvgIpc) is 3.11. The van der Waals surface area contributed by atoms with Gasteiger partial charge in [-0.15, -0.1) is 0 Å². The first-order valence-electron chi connectivity index (χ1n) is 9.25. The lowest BCUT2D eigenvalue weighted by Crippen LogP contribution is -2.48. The van der Waals surface area contributed by atoms with Gasteiger partial charge in [-0.05, 0) is 44.3 Å². The number of carbonyl (C=O) groups is 2. The molecule has 1 saturated heterocycles. The van der Waals surface area contributed by atoms with Crippen LogP contribution in [0, 0.1) is 5.92 Å². The molecule has 1 aromatic rings. The van der Waals surface area contributed by atoms with Crippen LogP contribution in [0.1, 0.15) is 31.7 Å². The molecule has 150 valence electrons. The van der Waals surface area contributed by atoms with Crippen molar-refractivity contribution in [2.45, 2.75) is 44.7 Å². The van der Waals surface area contributed by atoms with Crippen LogP contribution >= 0.6 is 0 Å². The van der Waals surface area contributed by atoms with Crippen molar-refractivity contribution in [1.82, 2.24) is 9.62 Å². The van der Waals surface area contributed by atoms with Crippen LogP contribution in [0.25, 0.3) is 0 Å². The lowest BCUT2D eigenvalue weighted by Gasteiger charge is -2.28. The lowest BCUT2D eigenvalue weighted by molar-refractivity contribution is -0.127. The normalized spacial score (nSPS) is 18.7. The van der Waals surface area contributed by atoms with Gasteiger partial charge in [0, 0.05) is 5.92 Å². The number of primary amides is 1. The standard InChI is InChI=1S/C19H29N3O4S/c1-14(12-17(19(20)24)22-10-6-7-11-22)18(23)16(21-27(2,25)26)13-15-8-4-3-5-9-15/h3-5,8-9,14,16-17,21H,6-7,10-13H2,1-2H3,(H2,20,24). The molecule has 8 heteroatoms. The van der Waals surface area contributed by atoms with Crippen molar-refractivity contribution in [3.63, 3.8) is 0 Å². The van der Waals surface area contributed by atoms with Crippen molar-refractivity contribution in [2.24, 2.45) is 11.7 Å². The summed E-state index contributed by atoms with van der Waals surface area (Å²) in [6, 6.07) is 7.89. The third kappa shape index (κ3) is 6.71. The topological polar surface area (TPSA) is 110 Å². The summed E-state index contributed by atoms with van der Waals surface area (Å²) < 4.78 is 26.0. The highest BCUT2D eigenvalue weighted by Gasteiger charge is 2.33. The molecular formula is C19H29N3O4S. The number of nitrogens with zero attached hydrogens (tertiary/aromatic N) is 1. The molecule has 1 heterocycles. The minimum absolute atomic E-state index is 0.227. The summed E-state index contributed by atoms with van der Waals surface area (Å²) in [7, 11) is -3.56. The maximum Gasteiger partial charge on any atom is 0.234 e. The Hall–Kier alpha value is -1.77. The highest BCUT2D eigenvalue weighted by atomic mass is 32.2. The Morgan fingerprint density at radius 2 is 1.78 bits per heavy atom. The smallest absolute Gasteiger partial charge is 0.234 e. The molecule has 3 N–H and O–H groups in total. The van der Waals surface area contributed by atoms with Crippen LogP contribution in [0.3, 0.4) is 0 Å². The number of hydrogen-bond acceptors (Lipinski definition) is 5. The second-order valence-corrected chi connectivity index (χ2v) is 9.11. The van der Waals surface area contributed by atoms with Crippen LogP contribution in [0.2, 0.25) is 0 Å². The van der Waals surface area contributed by atoms with E-state index in [1.165, 1.54) is 0 Å². The van der Waals surface area contributed by atoms with Gasteiger partial charge < -0.3 is 5.73 Å². The number of Topliss-reactive ketones (excluding diaryl/α,β-unsaturated/α-hetero) is 1. The quantitative estimate of drug-likeness (QED) is 0.606. The van der Waals surface area contributed by atoms with E-state index < -0.39 is 33.9 Å². The summed E-state index contributed by atoms with van der Waals surface area (Å²) in [6.07, 6.45) is 3.63. The first kappa shape index (κ1) is 21.5. The number of ketones is 1. The number of likely N-dealkylation sites (tertiary alicyclic amines) is 1. The molecule has 0 radical (unpaired) electrons. The highest BCUT2D eigenvalue weighted by molar-refractivity contribution is 7.88. The average molecular weight is 396 g/mol. The molecule has 0 saturated carbocycles. The van der Waals surface area contributed by atoms with E-state index in [9.17, 15) is 18.0 Å². The third-order valence-corrected chi connectivity index (χ3v) is 5.67. The van der Waals surface area contributed by atoms with Crippen LogP contribution in [0.15, 0.2) is 30.3 Å². The Labute approximate surface area is 161 Å². The molecule has 0 aromatic heterocycles. The summed E-state index contributed by atoms with van der Waals surface area (Å²) in [5.74, 6) is -1.16. The van der Waals surface area contributed by atoms with Gasteiger partial charge in [0.25, 0.3) is 0 Å². The predicted octanol–water partition coefficient (Wildman–Crippen LogP) is 0.692. The minimum Gasteiger partial charge on any atom is -0.368 e. The molecule has 3 unspecified atom stereocenters. The third-order valence-electron chi connectivity index (χ3n) is 4.95. The monoisotopic (exact) mass is 395 g/mol. The second kappa shape index (κ2) is 9.43. The molecule has 1 aliphatic heterocycles. The first-order chi connectivity index (χ1) is 12.7. The van der Waals surface area contributed by atoms with Gasteiger partial charge in [-0.1, -0.05) is 37.3 Å². The maximum absolute atomic E-state index is 13.0. The Bertz CT molecular complexity index is 745. The van der Waals surface area contributed by atoms with Gasteiger partial charge in [0.2, 0.25) is 15.9 Å². The van der Waals surface area contributed by atoms with Gasteiger partial charge in [-0.3, -0.25) is 14.5 Å². The van der Waals surface area contributed by atoms with Crippen LogP contribution in [-0.4, -0.2) is 56.4 Å². The molecule has 27 heavy (non-hydrogen) atoms. The fourth-order valence-electron chi connectivity index (χ4n) is 3.60. The molecular weight excluding hydrogens is 366 g/mol. The number of carbonyl (C=O) groups excluding carboxylic acids is 2. The van der Waals surface area contributed by atoms with Gasteiger partial charge in [0.1, 0.15) is 0 Å². The summed E-state index contributed by atoms with van der Waals surface area (Å²) >= 11 is 0. The molecule has 2 rings (SSSR count). The van der Waals surface area contributed by atoms with Crippen LogP contribution in [0.5, 0.6) is 0 Å². The maximum atomic E-state index is 13.0. The summed E-state index contributed by atoms with van der Waals surface area (Å²) in [6.45, 7) is 3.32. The summed E-state index contributed by atoms with van der Waals surface area (Å²) in [5, 5.41) is 0. The van der Waals surface area contributed by atoms with Crippen molar-refractivity contribution < 1.29 is 18.0 Å². The lowest BCUT2D eigenvalue weighted by atomic mass is 9.90. The van der Waals surface area contributed by atoms with E-state index in [4.69, 9.17) is 5.73 Å². The molecule has 1 aliphatic rings. The zero-order valence-electron chi connectivity index (χ0n) is 15.9. The molecule has 3 atom stereocenters. The number of amides is 1. The summed E-state index contributed by atoms with van der Waals surface area (Å²) in [5.41, 5.74) is 6.43. The number of rotatable bonds is 10. The number of sulfonamides is 1. The second-order valence-electron chi connectivity index (χ2n) is 7.33. The van der Waals surface area contributed by atoms with Gasteiger partial charge in [0.05, 0.1) is 18.3 Å². The van der Waals surface area contributed by atoms with Crippen LogP contribution in [-0.2, 0) is 26.0 Å². The number of benzene rings is 1. The Morgan fingerprint density at radius 3 is 2.30 bits per heavy atom. The highest BCUT2D eigenvalue weighted by Crippen LogP contribution is 2.20. The van der Waals surface area contributed by atoms with Crippen LogP contribution in [0.4, 0.5) is 0 Å². The molecule has 0 spiro atoms. The van der Waals surface area contributed by atoms with Crippen molar-refractivity contribution in [2.75, 3.05) is 19.3 Å². The van der Waals surface area contributed by atoms with E-state index in [0.29, 0.717) is 6.42 Å². The Kier molecular flexibility index (Phi) is 7.52. The van der Waals surface area contributed by atoms with Gasteiger partial charge in [-0.25, -0.2) is 13.1 Å². The van der Waals surface area contributed by atoms with E-state index >= 15 is 0 Å². The molecule has 0 bridgehead atoms. The van der Waals surface area contributed by atoms with Crippen molar-refractivity contribution in [1.29, 1.82) is 0 Å². The largest absolute Gasteiger partial charge is 0.368 e. The van der Waals surface area contributed by atoms with E-state index in [1.807, 2.05) is 35.2 Å². The zero-order chi connectivity index (χ0) is 20.0. The van der Waals surface area contributed by atoms with Gasteiger partial charge >= 0.3 is 0 Å². The van der Waals surface area contributed by atoms with E-state index in [2.05, 4.69) is 4.72 Å². The van der Waals surface area contributed by atoms with Gasteiger partial charge in [-0.2, -0.15) is 0 Å². The van der Waals surface area contributed by atoms with Gasteiger partial charge in [0.15, 0.2) is 5.78 Å². The number of hydrogen-bond donors (Lipinski definition) is 2. The molecule has 1 aromatic carbocycles. The number of nitrogens with two attached hydrogens (primary N) is 1. The van der Waals surface area contributed by atoms with Crippen LogP contribution < -0.4 is 10.5 Å². The zero-order valence-corrected chi connectivity index (χ0v) is 16.7. The summed E-state index contributed by atoms with van der Waals surface area (Å²) in [4.78, 5) is 26.9. The first-order valence-corrected chi connectivity index (χ1v) is 11.1. The van der Waals surface area contributed by atoms with E-state index in [0.717, 1.165) is 37.8 Å². The van der Waals surface area contributed by atoms with Crippen molar-refractivity contribution in [3.8, 4) is 0 Å². The van der Waals surface area contributed by atoms with E-state index in [-0.39, 0.29) is 12.2 Å². The molecule has 7 nitrogen and oxygen atoms in total. The van der Waals surface area contributed by atoms with E-state index in [1.54, 1.807) is 6.92 Å². The minimum atomic E-state index is -3.56. The fraction of sp³-hybridized carbons (Fsp3) is 0.579. The molecule has 1 amide bonds.